The van der Waals surface area contributed by atoms with Crippen molar-refractivity contribution < 1.29 is 13.2 Å². The Kier molecular flexibility index (Phi) is 7.64. The van der Waals surface area contributed by atoms with Crippen LogP contribution in [0.5, 0.6) is 0 Å². The van der Waals surface area contributed by atoms with Gasteiger partial charge in [-0.2, -0.15) is 0 Å². The lowest BCUT2D eigenvalue weighted by Gasteiger charge is -2.11. The Hall–Kier alpha value is -2.48. The largest absolute Gasteiger partial charge is 0.351 e. The first kappa shape index (κ1) is 23.2. The number of nitrogens with one attached hydrogen (secondary N) is 2. The number of amides is 1. The number of rotatable bonds is 8. The van der Waals surface area contributed by atoms with Crippen molar-refractivity contribution in [2.45, 2.75) is 23.6 Å². The van der Waals surface area contributed by atoms with Gasteiger partial charge >= 0.3 is 0 Å². The van der Waals surface area contributed by atoms with Gasteiger partial charge in [-0.25, -0.2) is 8.42 Å². The maximum absolute atomic E-state index is 12.5. The summed E-state index contributed by atoms with van der Waals surface area (Å²) in [6, 6.07) is 19.2. The Bertz CT molecular complexity index is 1160. The molecule has 8 heteroatoms. The molecule has 0 heterocycles. The van der Waals surface area contributed by atoms with Crippen LogP contribution in [0.4, 0.5) is 5.69 Å². The minimum Gasteiger partial charge on any atom is -0.351 e. The summed E-state index contributed by atoms with van der Waals surface area (Å²) in [7, 11) is -3.77. The zero-order valence-corrected chi connectivity index (χ0v) is 19.6. The normalized spacial score (nSPS) is 11.2. The minimum atomic E-state index is -3.77. The first-order valence-corrected chi connectivity index (χ1v) is 12.5. The van der Waals surface area contributed by atoms with Gasteiger partial charge in [-0.1, -0.05) is 47.0 Å². The molecule has 0 saturated heterocycles. The van der Waals surface area contributed by atoms with Crippen LogP contribution in [0.1, 0.15) is 21.5 Å². The molecule has 3 aromatic carbocycles. The van der Waals surface area contributed by atoms with E-state index in [9.17, 15) is 13.2 Å². The molecular weight excluding hydrogens is 452 g/mol. The van der Waals surface area contributed by atoms with Crippen LogP contribution < -0.4 is 10.0 Å². The number of hydrogen-bond donors (Lipinski definition) is 2. The highest BCUT2D eigenvalue weighted by Crippen LogP contribution is 2.26. The van der Waals surface area contributed by atoms with Gasteiger partial charge < -0.3 is 5.32 Å². The van der Waals surface area contributed by atoms with Crippen LogP contribution in [0.15, 0.2) is 76.5 Å². The minimum absolute atomic E-state index is 0.141. The maximum Gasteiger partial charge on any atom is 0.261 e. The number of hydrogen-bond acceptors (Lipinski definition) is 4. The quantitative estimate of drug-likeness (QED) is 0.344. The summed E-state index contributed by atoms with van der Waals surface area (Å²) in [5.74, 6) is 0.469. The summed E-state index contributed by atoms with van der Waals surface area (Å²) < 4.78 is 27.6. The van der Waals surface area contributed by atoms with Crippen molar-refractivity contribution in [3.05, 3.63) is 88.4 Å². The highest BCUT2D eigenvalue weighted by molar-refractivity contribution is 7.99. The fraction of sp³-hybridized carbons (Fsp3) is 0.174. The Balaban J connectivity index is 1.57. The zero-order chi connectivity index (χ0) is 22.4. The number of carbonyl (C=O) groups excluding carboxylic acids is 1. The molecular formula is C23H23ClN2O3S2. The molecule has 0 aliphatic rings. The van der Waals surface area contributed by atoms with E-state index < -0.39 is 10.0 Å². The Morgan fingerprint density at radius 3 is 2.16 bits per heavy atom. The van der Waals surface area contributed by atoms with E-state index >= 15 is 0 Å². The summed E-state index contributed by atoms with van der Waals surface area (Å²) in [5.41, 5.74) is 2.75. The number of anilines is 1. The molecule has 3 aromatic rings. The number of aryl methyl sites for hydroxylation is 2. The SMILES string of the molecule is Cc1ccc(SCCNC(=O)c2ccc(NS(=O)(=O)c3ccc(C)cc3)c(Cl)c2)cc1. The summed E-state index contributed by atoms with van der Waals surface area (Å²) in [6.45, 7) is 4.42. The van der Waals surface area contributed by atoms with Crippen LogP contribution in [-0.4, -0.2) is 26.6 Å². The van der Waals surface area contributed by atoms with Crippen molar-refractivity contribution >= 4 is 45.0 Å². The van der Waals surface area contributed by atoms with E-state index in [4.69, 9.17) is 11.6 Å². The maximum atomic E-state index is 12.5. The molecule has 5 nitrogen and oxygen atoms in total. The molecule has 0 spiro atoms. The lowest BCUT2D eigenvalue weighted by molar-refractivity contribution is 0.0956. The Morgan fingerprint density at radius 1 is 0.935 bits per heavy atom. The van der Waals surface area contributed by atoms with Crippen molar-refractivity contribution in [2.24, 2.45) is 0 Å². The second-order valence-corrected chi connectivity index (χ2v) is 10.3. The van der Waals surface area contributed by atoms with E-state index in [1.807, 2.05) is 13.8 Å². The van der Waals surface area contributed by atoms with Crippen LogP contribution in [0.3, 0.4) is 0 Å². The highest BCUT2D eigenvalue weighted by atomic mass is 35.5. The van der Waals surface area contributed by atoms with E-state index in [1.165, 1.54) is 29.8 Å². The summed E-state index contributed by atoms with van der Waals surface area (Å²) in [5, 5.41) is 3.00. The molecule has 0 aliphatic carbocycles. The Labute approximate surface area is 192 Å². The average Bonchev–Trinajstić information content (AvgIpc) is 2.74. The van der Waals surface area contributed by atoms with Crippen molar-refractivity contribution in [3.63, 3.8) is 0 Å². The van der Waals surface area contributed by atoms with Gasteiger partial charge in [0.1, 0.15) is 0 Å². The monoisotopic (exact) mass is 474 g/mol. The van der Waals surface area contributed by atoms with Gasteiger partial charge in [0.05, 0.1) is 15.6 Å². The number of thioether (sulfide) groups is 1. The number of benzene rings is 3. The van der Waals surface area contributed by atoms with E-state index in [-0.39, 0.29) is 21.5 Å². The molecule has 31 heavy (non-hydrogen) atoms. The van der Waals surface area contributed by atoms with Gasteiger partial charge in [-0.15, -0.1) is 11.8 Å². The molecule has 0 aliphatic heterocycles. The molecule has 0 bridgehead atoms. The lowest BCUT2D eigenvalue weighted by atomic mass is 10.2. The lowest BCUT2D eigenvalue weighted by Crippen LogP contribution is -2.25. The summed E-state index contributed by atoms with van der Waals surface area (Å²) in [6.07, 6.45) is 0. The zero-order valence-electron chi connectivity index (χ0n) is 17.2. The fourth-order valence-electron chi connectivity index (χ4n) is 2.73. The first-order valence-electron chi connectivity index (χ1n) is 9.61. The highest BCUT2D eigenvalue weighted by Gasteiger charge is 2.16. The molecule has 0 aromatic heterocycles. The van der Waals surface area contributed by atoms with Crippen molar-refractivity contribution in [1.82, 2.24) is 5.32 Å². The van der Waals surface area contributed by atoms with Gasteiger partial charge in [0.2, 0.25) is 0 Å². The van der Waals surface area contributed by atoms with E-state index in [2.05, 4.69) is 34.3 Å². The molecule has 0 unspecified atom stereocenters. The van der Waals surface area contributed by atoms with Gasteiger partial charge in [-0.05, 0) is 56.3 Å². The van der Waals surface area contributed by atoms with Crippen LogP contribution in [0.2, 0.25) is 5.02 Å². The fourth-order valence-corrected chi connectivity index (χ4v) is 4.86. The van der Waals surface area contributed by atoms with Crippen molar-refractivity contribution in [1.29, 1.82) is 0 Å². The number of sulfonamides is 1. The molecule has 0 radical (unpaired) electrons. The first-order chi connectivity index (χ1) is 14.7. The molecule has 1 amide bonds. The molecule has 0 fully saturated rings. The molecule has 0 atom stereocenters. The second kappa shape index (κ2) is 10.2. The second-order valence-electron chi connectivity index (χ2n) is 7.03. The predicted molar refractivity (Wildman–Crippen MR) is 128 cm³/mol. The van der Waals surface area contributed by atoms with Crippen molar-refractivity contribution in [3.8, 4) is 0 Å². The van der Waals surface area contributed by atoms with Gasteiger partial charge in [0.15, 0.2) is 0 Å². The number of halogens is 1. The predicted octanol–water partition coefficient (Wildman–Crippen LogP) is 5.28. The summed E-state index contributed by atoms with van der Waals surface area (Å²) >= 11 is 7.89. The molecule has 3 rings (SSSR count). The van der Waals surface area contributed by atoms with Crippen molar-refractivity contribution in [2.75, 3.05) is 17.0 Å². The third-order valence-electron chi connectivity index (χ3n) is 4.48. The third kappa shape index (κ3) is 6.50. The van der Waals surface area contributed by atoms with Crippen LogP contribution in [0, 0.1) is 13.8 Å². The average molecular weight is 475 g/mol. The van der Waals surface area contributed by atoms with Gasteiger partial charge in [0.25, 0.3) is 15.9 Å². The third-order valence-corrected chi connectivity index (χ3v) is 7.19. The van der Waals surface area contributed by atoms with Gasteiger partial charge in [0, 0.05) is 22.8 Å². The van der Waals surface area contributed by atoms with Gasteiger partial charge in [-0.3, -0.25) is 9.52 Å². The smallest absolute Gasteiger partial charge is 0.261 e. The van der Waals surface area contributed by atoms with E-state index in [1.54, 1.807) is 30.0 Å². The number of carbonyl (C=O) groups is 1. The van der Waals surface area contributed by atoms with Crippen LogP contribution in [-0.2, 0) is 10.0 Å². The van der Waals surface area contributed by atoms with E-state index in [0.29, 0.717) is 12.1 Å². The topological polar surface area (TPSA) is 75.3 Å². The molecule has 2 N–H and O–H groups in total. The van der Waals surface area contributed by atoms with Crippen LogP contribution >= 0.6 is 23.4 Å². The molecule has 0 saturated carbocycles. The standard InChI is InChI=1S/C23H23ClN2O3S2/c1-16-3-8-19(9-4-16)30-14-13-25-23(27)18-7-12-22(21(24)15-18)26-31(28,29)20-10-5-17(2)6-11-20/h3-12,15,26H,13-14H2,1-2H3,(H,25,27). The van der Waals surface area contributed by atoms with Crippen LogP contribution in [0.25, 0.3) is 0 Å². The summed E-state index contributed by atoms with van der Waals surface area (Å²) in [4.78, 5) is 13.7. The Morgan fingerprint density at radius 2 is 1.55 bits per heavy atom. The van der Waals surface area contributed by atoms with E-state index in [0.717, 1.165) is 16.2 Å². The molecule has 162 valence electrons.